The van der Waals surface area contributed by atoms with Gasteiger partial charge < -0.3 is 15.5 Å². The third-order valence-electron chi connectivity index (χ3n) is 2.47. The van der Waals surface area contributed by atoms with E-state index >= 15 is 0 Å². The van der Waals surface area contributed by atoms with E-state index in [1.165, 1.54) is 18.2 Å². The Morgan fingerprint density at radius 1 is 1.50 bits per heavy atom. The average molecular weight is 347 g/mol. The normalized spacial score (nSPS) is 13.3. The third kappa shape index (κ3) is 3.52. The van der Waals surface area contributed by atoms with Crippen LogP contribution in [0.25, 0.3) is 0 Å². The number of hydrogen-bond acceptors (Lipinski definition) is 5. The minimum Gasteiger partial charge on any atom is -0.479 e. The Kier molecular flexibility index (Phi) is 4.79. The number of amides is 1. The Morgan fingerprint density at radius 3 is 2.60 bits per heavy atom. The number of carbonyl (C=O) groups excluding carboxylic acids is 1. The number of aliphatic carboxylic acids is 1. The monoisotopic (exact) mass is 346 g/mol. The van der Waals surface area contributed by atoms with Crippen molar-refractivity contribution in [2.75, 3.05) is 6.54 Å². The van der Waals surface area contributed by atoms with Crippen LogP contribution >= 0.6 is 15.9 Å². The van der Waals surface area contributed by atoms with Gasteiger partial charge in [-0.2, -0.15) is 0 Å². The van der Waals surface area contributed by atoms with Crippen molar-refractivity contribution in [1.82, 2.24) is 5.32 Å². The lowest BCUT2D eigenvalue weighted by Crippen LogP contribution is -2.46. The summed E-state index contributed by atoms with van der Waals surface area (Å²) in [6.45, 7) is 0.494. The molecule has 0 aliphatic rings. The molecule has 1 rings (SSSR count). The lowest BCUT2D eigenvalue weighted by molar-refractivity contribution is -0.385. The van der Waals surface area contributed by atoms with Crippen LogP contribution in [0.15, 0.2) is 22.7 Å². The fourth-order valence-electron chi connectivity index (χ4n) is 1.26. The molecule has 1 aromatic carbocycles. The Hall–Kier alpha value is -2.00. The van der Waals surface area contributed by atoms with Crippen molar-refractivity contribution < 1.29 is 24.7 Å². The molecule has 3 N–H and O–H groups in total. The highest BCUT2D eigenvalue weighted by atomic mass is 79.9. The number of carboxylic acids is 1. The van der Waals surface area contributed by atoms with Crippen LogP contribution in [0.5, 0.6) is 0 Å². The molecule has 0 saturated heterocycles. The minimum absolute atomic E-state index is 0.0162. The van der Waals surface area contributed by atoms with Crippen molar-refractivity contribution in [2.24, 2.45) is 0 Å². The second-order valence-corrected chi connectivity index (χ2v) is 4.95. The van der Waals surface area contributed by atoms with Gasteiger partial charge in [0.05, 0.1) is 17.0 Å². The Labute approximate surface area is 121 Å². The molecular formula is C11H11BrN2O6. The number of nitro benzene ring substituents is 1. The summed E-state index contributed by atoms with van der Waals surface area (Å²) in [6, 6.07) is 3.88. The topological polar surface area (TPSA) is 130 Å². The summed E-state index contributed by atoms with van der Waals surface area (Å²) in [4.78, 5) is 32.6. The van der Waals surface area contributed by atoms with Crippen molar-refractivity contribution in [3.8, 4) is 0 Å². The molecule has 0 bridgehead atoms. The number of carboxylic acid groups (broad SMARTS) is 1. The fraction of sp³-hybridized carbons (Fsp3) is 0.273. The van der Waals surface area contributed by atoms with E-state index in [0.29, 0.717) is 0 Å². The van der Waals surface area contributed by atoms with Gasteiger partial charge >= 0.3 is 5.97 Å². The highest BCUT2D eigenvalue weighted by molar-refractivity contribution is 9.10. The van der Waals surface area contributed by atoms with Gasteiger partial charge in [0.1, 0.15) is 4.47 Å². The molecule has 20 heavy (non-hydrogen) atoms. The van der Waals surface area contributed by atoms with E-state index in [-0.39, 0.29) is 15.7 Å². The maximum atomic E-state index is 11.8. The van der Waals surface area contributed by atoms with Crippen LogP contribution in [0.2, 0.25) is 0 Å². The maximum Gasteiger partial charge on any atom is 0.337 e. The van der Waals surface area contributed by atoms with Crippen LogP contribution in [0.4, 0.5) is 5.69 Å². The molecule has 1 aromatic rings. The summed E-state index contributed by atoms with van der Waals surface area (Å²) in [5, 5.41) is 31.1. The molecule has 0 fully saturated rings. The van der Waals surface area contributed by atoms with Crippen molar-refractivity contribution >= 4 is 33.5 Å². The predicted molar refractivity (Wildman–Crippen MR) is 71.4 cm³/mol. The van der Waals surface area contributed by atoms with Gasteiger partial charge in [-0.1, -0.05) is 6.07 Å². The second kappa shape index (κ2) is 5.97. The number of nitrogens with one attached hydrogen (secondary N) is 1. The zero-order valence-corrected chi connectivity index (χ0v) is 11.9. The molecule has 0 heterocycles. The van der Waals surface area contributed by atoms with Gasteiger partial charge in [-0.15, -0.1) is 0 Å². The number of nitrogens with zero attached hydrogens (tertiary/aromatic N) is 1. The first-order valence-corrected chi connectivity index (χ1v) is 6.13. The molecule has 0 aromatic heterocycles. The van der Waals surface area contributed by atoms with Crippen LogP contribution in [0.3, 0.4) is 0 Å². The molecule has 1 unspecified atom stereocenters. The summed E-state index contributed by atoms with van der Waals surface area (Å²) in [6.07, 6.45) is 0. The van der Waals surface area contributed by atoms with Crippen molar-refractivity contribution in [3.05, 3.63) is 38.3 Å². The summed E-state index contributed by atoms with van der Waals surface area (Å²) in [7, 11) is 0. The number of hydrogen-bond donors (Lipinski definition) is 3. The highest BCUT2D eigenvalue weighted by Crippen LogP contribution is 2.28. The largest absolute Gasteiger partial charge is 0.479 e. The number of rotatable bonds is 5. The van der Waals surface area contributed by atoms with Crippen LogP contribution < -0.4 is 5.32 Å². The van der Waals surface area contributed by atoms with Gasteiger partial charge in [-0.3, -0.25) is 14.9 Å². The van der Waals surface area contributed by atoms with E-state index in [4.69, 9.17) is 5.11 Å². The Morgan fingerprint density at radius 2 is 2.10 bits per heavy atom. The van der Waals surface area contributed by atoms with Gasteiger partial charge in [-0.05, 0) is 28.9 Å². The quantitative estimate of drug-likeness (QED) is 0.536. The first-order valence-electron chi connectivity index (χ1n) is 5.33. The van der Waals surface area contributed by atoms with Gasteiger partial charge in [0.15, 0.2) is 5.60 Å². The molecule has 0 aliphatic heterocycles. The standard InChI is InChI=1S/C11H11BrN2O6/c1-11(18,10(16)17)5-13-9(15)6-3-2-4-7(8(6)12)14(19)20/h2-4,18H,5H2,1H3,(H,13,15)(H,16,17). The fourth-order valence-corrected chi connectivity index (χ4v) is 1.85. The maximum absolute atomic E-state index is 11.8. The lowest BCUT2D eigenvalue weighted by Gasteiger charge is -2.18. The average Bonchev–Trinajstić information content (AvgIpc) is 2.35. The lowest BCUT2D eigenvalue weighted by atomic mass is 10.1. The summed E-state index contributed by atoms with van der Waals surface area (Å²) >= 11 is 2.95. The minimum atomic E-state index is -2.12. The van der Waals surface area contributed by atoms with Crippen molar-refractivity contribution in [2.45, 2.75) is 12.5 Å². The first-order chi connectivity index (χ1) is 9.16. The smallest absolute Gasteiger partial charge is 0.337 e. The Balaban J connectivity index is 2.92. The zero-order chi connectivity index (χ0) is 15.5. The van der Waals surface area contributed by atoms with Gasteiger partial charge in [0, 0.05) is 6.07 Å². The van der Waals surface area contributed by atoms with E-state index in [0.717, 1.165) is 6.92 Å². The number of halogens is 1. The number of aliphatic hydroxyl groups is 1. The molecule has 8 nitrogen and oxygen atoms in total. The van der Waals surface area contributed by atoms with Crippen LogP contribution in [0.1, 0.15) is 17.3 Å². The number of benzene rings is 1. The summed E-state index contributed by atoms with van der Waals surface area (Å²) in [5.41, 5.74) is -2.44. The molecule has 9 heteroatoms. The zero-order valence-electron chi connectivity index (χ0n) is 10.3. The molecule has 0 aliphatic carbocycles. The highest BCUT2D eigenvalue weighted by Gasteiger charge is 2.31. The summed E-state index contributed by atoms with van der Waals surface area (Å²) in [5.74, 6) is -2.22. The van der Waals surface area contributed by atoms with Crippen molar-refractivity contribution in [3.63, 3.8) is 0 Å². The SMILES string of the molecule is CC(O)(CNC(=O)c1cccc([N+](=O)[O-])c1Br)C(=O)O. The first kappa shape index (κ1) is 16.1. The van der Waals surface area contributed by atoms with Crippen LogP contribution in [-0.2, 0) is 4.79 Å². The van der Waals surface area contributed by atoms with Gasteiger partial charge in [0.25, 0.3) is 11.6 Å². The van der Waals surface area contributed by atoms with Gasteiger partial charge in [-0.25, -0.2) is 4.79 Å². The van der Waals surface area contributed by atoms with Crippen LogP contribution in [-0.4, -0.2) is 39.2 Å². The third-order valence-corrected chi connectivity index (χ3v) is 3.31. The Bertz CT molecular complexity index is 572. The van der Waals surface area contributed by atoms with E-state index in [1.54, 1.807) is 0 Å². The summed E-state index contributed by atoms with van der Waals surface area (Å²) < 4.78 is -0.0162. The van der Waals surface area contributed by atoms with E-state index < -0.39 is 28.9 Å². The molecule has 1 atom stereocenters. The molecular weight excluding hydrogens is 336 g/mol. The van der Waals surface area contributed by atoms with Gasteiger partial charge in [0.2, 0.25) is 0 Å². The number of carbonyl (C=O) groups is 2. The van der Waals surface area contributed by atoms with E-state index in [1.807, 2.05) is 0 Å². The predicted octanol–water partition coefficient (Wildman–Crippen LogP) is 0.923. The van der Waals surface area contributed by atoms with Crippen LogP contribution in [0, 0.1) is 10.1 Å². The molecule has 0 radical (unpaired) electrons. The molecule has 108 valence electrons. The molecule has 1 amide bonds. The van der Waals surface area contributed by atoms with E-state index in [2.05, 4.69) is 21.2 Å². The van der Waals surface area contributed by atoms with Crippen molar-refractivity contribution in [1.29, 1.82) is 0 Å². The number of nitro groups is 1. The second-order valence-electron chi connectivity index (χ2n) is 4.16. The van der Waals surface area contributed by atoms with E-state index in [9.17, 15) is 24.8 Å². The molecule has 0 spiro atoms. The molecule has 0 saturated carbocycles.